The second kappa shape index (κ2) is 7.85. The molecule has 1 aromatic heterocycles. The van der Waals surface area contributed by atoms with Crippen LogP contribution in [0.4, 0.5) is 17.3 Å². The Hall–Kier alpha value is -2.79. The molecule has 128 valence electrons. The Labute approximate surface area is 152 Å². The number of hydrogen-bond acceptors (Lipinski definition) is 5. The van der Waals surface area contributed by atoms with Gasteiger partial charge in [-0.2, -0.15) is 0 Å². The van der Waals surface area contributed by atoms with Gasteiger partial charge in [-0.25, -0.2) is 9.97 Å². The Morgan fingerprint density at radius 3 is 2.52 bits per heavy atom. The van der Waals surface area contributed by atoms with E-state index in [1.54, 1.807) is 0 Å². The molecule has 0 saturated carbocycles. The summed E-state index contributed by atoms with van der Waals surface area (Å²) in [5, 5.41) is 3.95. The molecule has 0 aliphatic carbocycles. The Kier molecular flexibility index (Phi) is 5.36. The summed E-state index contributed by atoms with van der Waals surface area (Å²) in [6.45, 7) is 1.26. The van der Waals surface area contributed by atoms with Crippen LogP contribution in [0, 0.1) is 0 Å². The van der Waals surface area contributed by atoms with Gasteiger partial charge in [0.05, 0.1) is 0 Å². The third-order valence-corrected chi connectivity index (χ3v) is 4.26. The van der Waals surface area contributed by atoms with Crippen molar-refractivity contribution in [1.29, 1.82) is 0 Å². The van der Waals surface area contributed by atoms with Crippen molar-refractivity contribution in [2.45, 2.75) is 13.1 Å². The number of nitrogens with one attached hydrogen (secondary N) is 1. The van der Waals surface area contributed by atoms with Gasteiger partial charge in [0.25, 0.3) is 0 Å². The maximum absolute atomic E-state index is 6.28. The van der Waals surface area contributed by atoms with Gasteiger partial charge in [-0.3, -0.25) is 0 Å². The Balaban J connectivity index is 1.74. The van der Waals surface area contributed by atoms with Crippen LogP contribution in [0.3, 0.4) is 0 Å². The molecule has 6 heteroatoms. The molecule has 0 spiro atoms. The molecule has 0 amide bonds. The molecule has 0 fully saturated rings. The Bertz CT molecular complexity index is 838. The van der Waals surface area contributed by atoms with E-state index in [2.05, 4.69) is 27.4 Å². The zero-order chi connectivity index (χ0) is 17.6. The number of benzene rings is 2. The first-order chi connectivity index (χ1) is 12.1. The van der Waals surface area contributed by atoms with Gasteiger partial charge < -0.3 is 16.0 Å². The van der Waals surface area contributed by atoms with Crippen LogP contribution in [0.15, 0.2) is 60.9 Å². The van der Waals surface area contributed by atoms with Gasteiger partial charge in [0.15, 0.2) is 11.6 Å². The van der Waals surface area contributed by atoms with E-state index in [1.807, 2.05) is 54.4 Å². The van der Waals surface area contributed by atoms with Crippen LogP contribution < -0.4 is 16.0 Å². The third-order valence-electron chi connectivity index (χ3n) is 3.89. The lowest BCUT2D eigenvalue weighted by atomic mass is 10.2. The molecule has 1 heterocycles. The Morgan fingerprint density at radius 1 is 1.04 bits per heavy atom. The van der Waals surface area contributed by atoms with Crippen molar-refractivity contribution in [3.63, 3.8) is 0 Å². The minimum atomic E-state index is 0.521. The maximum atomic E-state index is 6.28. The molecule has 0 aliphatic heterocycles. The minimum absolute atomic E-state index is 0.521. The zero-order valence-corrected chi connectivity index (χ0v) is 14.7. The van der Waals surface area contributed by atoms with Crippen LogP contribution in [-0.4, -0.2) is 17.0 Å². The lowest BCUT2D eigenvalue weighted by Crippen LogP contribution is -2.20. The molecule has 0 unspecified atom stereocenters. The average Bonchev–Trinajstić information content (AvgIpc) is 2.63. The van der Waals surface area contributed by atoms with Gasteiger partial charge in [0.1, 0.15) is 12.0 Å². The first-order valence-electron chi connectivity index (χ1n) is 7.98. The van der Waals surface area contributed by atoms with E-state index in [0.29, 0.717) is 35.4 Å². The third kappa shape index (κ3) is 4.19. The number of aromatic nitrogens is 2. The van der Waals surface area contributed by atoms with E-state index in [4.69, 9.17) is 17.3 Å². The van der Waals surface area contributed by atoms with Gasteiger partial charge in [-0.15, -0.1) is 0 Å². The monoisotopic (exact) mass is 353 g/mol. The van der Waals surface area contributed by atoms with E-state index in [0.717, 1.165) is 5.56 Å². The van der Waals surface area contributed by atoms with Crippen LogP contribution in [0.2, 0.25) is 5.02 Å². The highest BCUT2D eigenvalue weighted by Crippen LogP contribution is 2.27. The van der Waals surface area contributed by atoms with E-state index in [1.165, 1.54) is 11.9 Å². The van der Waals surface area contributed by atoms with E-state index in [-0.39, 0.29) is 0 Å². The highest BCUT2D eigenvalue weighted by Gasteiger charge is 2.12. The number of halogens is 1. The van der Waals surface area contributed by atoms with Crippen LogP contribution >= 0.6 is 11.6 Å². The molecule has 5 nitrogen and oxygen atoms in total. The SMILES string of the molecule is CN(Cc1ccccc1)c1ncnc(NCc2ccccc2Cl)c1N. The van der Waals surface area contributed by atoms with Gasteiger partial charge in [-0.1, -0.05) is 60.1 Å². The smallest absolute Gasteiger partial charge is 0.157 e. The summed E-state index contributed by atoms with van der Waals surface area (Å²) in [5.41, 5.74) is 8.98. The normalized spacial score (nSPS) is 10.5. The molecular weight excluding hydrogens is 334 g/mol. The second-order valence-electron chi connectivity index (χ2n) is 5.75. The van der Waals surface area contributed by atoms with E-state index >= 15 is 0 Å². The molecular formula is C19H20ClN5. The van der Waals surface area contributed by atoms with Gasteiger partial charge in [0.2, 0.25) is 0 Å². The molecule has 3 N–H and O–H groups in total. The topological polar surface area (TPSA) is 67.1 Å². The first-order valence-corrected chi connectivity index (χ1v) is 8.35. The van der Waals surface area contributed by atoms with Crippen molar-refractivity contribution in [2.24, 2.45) is 0 Å². The summed E-state index contributed by atoms with van der Waals surface area (Å²) in [6.07, 6.45) is 1.52. The van der Waals surface area contributed by atoms with Crippen molar-refractivity contribution < 1.29 is 0 Å². The summed E-state index contributed by atoms with van der Waals surface area (Å²) in [7, 11) is 1.96. The van der Waals surface area contributed by atoms with Crippen LogP contribution in [0.25, 0.3) is 0 Å². The number of rotatable bonds is 6. The standard InChI is InChI=1S/C19H20ClN5/c1-25(12-14-7-3-2-4-8-14)19-17(21)18(23-13-24-19)22-11-15-9-5-6-10-16(15)20/h2-10,13H,11-12,21H2,1H3,(H,22,23,24). The molecule has 0 saturated heterocycles. The summed E-state index contributed by atoms with van der Waals surface area (Å²) >= 11 is 6.19. The molecule has 0 atom stereocenters. The van der Waals surface area contributed by atoms with Crippen LogP contribution in [-0.2, 0) is 13.1 Å². The molecule has 0 aliphatic rings. The van der Waals surface area contributed by atoms with Crippen molar-refractivity contribution >= 4 is 28.9 Å². The maximum Gasteiger partial charge on any atom is 0.157 e. The molecule has 0 bridgehead atoms. The van der Waals surface area contributed by atoms with Gasteiger partial charge >= 0.3 is 0 Å². The molecule has 3 aromatic rings. The van der Waals surface area contributed by atoms with Crippen LogP contribution in [0.1, 0.15) is 11.1 Å². The van der Waals surface area contributed by atoms with E-state index < -0.39 is 0 Å². The fraction of sp³-hybridized carbons (Fsp3) is 0.158. The summed E-state index contributed by atoms with van der Waals surface area (Å²) in [4.78, 5) is 10.6. The highest BCUT2D eigenvalue weighted by molar-refractivity contribution is 6.31. The highest BCUT2D eigenvalue weighted by atomic mass is 35.5. The van der Waals surface area contributed by atoms with Crippen LogP contribution in [0.5, 0.6) is 0 Å². The lowest BCUT2D eigenvalue weighted by Gasteiger charge is -2.21. The largest absolute Gasteiger partial charge is 0.393 e. The average molecular weight is 354 g/mol. The van der Waals surface area contributed by atoms with Crippen molar-refractivity contribution in [2.75, 3.05) is 23.0 Å². The molecule has 0 radical (unpaired) electrons. The summed E-state index contributed by atoms with van der Waals surface area (Å²) in [5.74, 6) is 1.30. The number of nitrogens with two attached hydrogens (primary N) is 1. The number of anilines is 3. The lowest BCUT2D eigenvalue weighted by molar-refractivity contribution is 0.893. The van der Waals surface area contributed by atoms with Crippen molar-refractivity contribution in [1.82, 2.24) is 9.97 Å². The predicted octanol–water partition coefficient (Wildman–Crippen LogP) is 3.96. The van der Waals surface area contributed by atoms with Gasteiger partial charge in [-0.05, 0) is 17.2 Å². The van der Waals surface area contributed by atoms with E-state index in [9.17, 15) is 0 Å². The summed E-state index contributed by atoms with van der Waals surface area (Å²) < 4.78 is 0. The Morgan fingerprint density at radius 2 is 1.76 bits per heavy atom. The number of nitrogens with zero attached hydrogens (tertiary/aromatic N) is 3. The van der Waals surface area contributed by atoms with Crippen molar-refractivity contribution in [3.05, 3.63) is 77.1 Å². The zero-order valence-electron chi connectivity index (χ0n) is 14.0. The quantitative estimate of drug-likeness (QED) is 0.702. The molecule has 2 aromatic carbocycles. The minimum Gasteiger partial charge on any atom is -0.393 e. The van der Waals surface area contributed by atoms with Crippen molar-refractivity contribution in [3.8, 4) is 0 Å². The molecule has 3 rings (SSSR count). The number of nitrogen functional groups attached to an aromatic ring is 1. The first kappa shape index (κ1) is 17.0. The summed E-state index contributed by atoms with van der Waals surface area (Å²) in [6, 6.07) is 17.9. The fourth-order valence-electron chi connectivity index (χ4n) is 2.58. The number of hydrogen-bond donors (Lipinski definition) is 2. The fourth-order valence-corrected chi connectivity index (χ4v) is 2.79. The predicted molar refractivity (Wildman–Crippen MR) is 104 cm³/mol. The second-order valence-corrected chi connectivity index (χ2v) is 6.15. The molecule has 25 heavy (non-hydrogen) atoms. The van der Waals surface area contributed by atoms with Gasteiger partial charge in [0, 0.05) is 25.2 Å².